The number of nitrogens with one attached hydrogen (secondary N) is 2. The van der Waals surface area contributed by atoms with Crippen LogP contribution in [-0.4, -0.2) is 27.7 Å². The second-order valence-electron chi connectivity index (χ2n) is 8.24. The highest BCUT2D eigenvalue weighted by atomic mass is 32.1. The highest BCUT2D eigenvalue weighted by Crippen LogP contribution is 2.30. The number of hydrogen-bond donors (Lipinski definition) is 5. The summed E-state index contributed by atoms with van der Waals surface area (Å²) < 4.78 is 0. The van der Waals surface area contributed by atoms with E-state index in [1.165, 1.54) is 18.3 Å². The molecule has 7 nitrogen and oxygen atoms in total. The minimum absolute atomic E-state index is 0.0346. The number of benzene rings is 2. The van der Waals surface area contributed by atoms with E-state index in [-0.39, 0.29) is 23.4 Å². The van der Waals surface area contributed by atoms with Crippen LogP contribution in [0.15, 0.2) is 66.9 Å². The SMILES string of the molecule is CCC(N)(CCS)c1cc(NC(=O)c2ccc(O)cn2)cc(C(=O)NC(C)c2ccccc2)c1. The van der Waals surface area contributed by atoms with Gasteiger partial charge in [-0.25, -0.2) is 4.98 Å². The second-order valence-corrected chi connectivity index (χ2v) is 8.69. The molecule has 5 N–H and O–H groups in total. The van der Waals surface area contributed by atoms with Gasteiger partial charge in [-0.2, -0.15) is 12.6 Å². The van der Waals surface area contributed by atoms with Gasteiger partial charge in [0.2, 0.25) is 0 Å². The molecule has 2 unspecified atom stereocenters. The minimum Gasteiger partial charge on any atom is -0.506 e. The van der Waals surface area contributed by atoms with Gasteiger partial charge in [0.1, 0.15) is 11.4 Å². The number of amides is 2. The fourth-order valence-electron chi connectivity index (χ4n) is 3.66. The lowest BCUT2D eigenvalue weighted by molar-refractivity contribution is 0.0938. The number of thiol groups is 1. The van der Waals surface area contributed by atoms with Crippen molar-refractivity contribution in [2.75, 3.05) is 11.1 Å². The average molecular weight is 479 g/mol. The standard InChI is InChI=1S/C26H30N4O3S/c1-3-26(27,11-12-34)20-13-19(24(32)29-17(2)18-7-5-4-6-8-18)14-21(15-20)30-25(33)23-10-9-22(31)16-28-23/h4-10,13-17,31,34H,3,11-12,27H2,1-2H3,(H,29,32)(H,30,33). The van der Waals surface area contributed by atoms with Crippen LogP contribution in [0.4, 0.5) is 5.69 Å². The highest BCUT2D eigenvalue weighted by molar-refractivity contribution is 7.80. The summed E-state index contributed by atoms with van der Waals surface area (Å²) in [5.74, 6) is -0.201. The fraction of sp³-hybridized carbons (Fsp3) is 0.269. The zero-order valence-corrected chi connectivity index (χ0v) is 20.2. The van der Waals surface area contributed by atoms with Crippen LogP contribution in [0.25, 0.3) is 0 Å². The molecule has 0 aliphatic heterocycles. The third-order valence-electron chi connectivity index (χ3n) is 5.84. The first-order valence-corrected chi connectivity index (χ1v) is 11.8. The largest absolute Gasteiger partial charge is 0.506 e. The smallest absolute Gasteiger partial charge is 0.274 e. The normalized spacial score (nSPS) is 13.5. The first-order valence-electron chi connectivity index (χ1n) is 11.1. The van der Waals surface area contributed by atoms with Crippen LogP contribution in [-0.2, 0) is 5.54 Å². The number of carbonyl (C=O) groups is 2. The maximum Gasteiger partial charge on any atom is 0.274 e. The number of carbonyl (C=O) groups excluding carboxylic acids is 2. The Morgan fingerprint density at radius 2 is 1.85 bits per heavy atom. The Labute approximate surface area is 205 Å². The van der Waals surface area contributed by atoms with Crippen LogP contribution in [0.5, 0.6) is 5.75 Å². The van der Waals surface area contributed by atoms with Crippen molar-refractivity contribution in [1.82, 2.24) is 10.3 Å². The molecule has 0 aliphatic carbocycles. The van der Waals surface area contributed by atoms with Crippen molar-refractivity contribution in [3.63, 3.8) is 0 Å². The lowest BCUT2D eigenvalue weighted by atomic mass is 9.84. The van der Waals surface area contributed by atoms with Crippen molar-refractivity contribution >= 4 is 30.1 Å². The van der Waals surface area contributed by atoms with E-state index in [4.69, 9.17) is 5.73 Å². The van der Waals surface area contributed by atoms with E-state index in [0.717, 1.165) is 11.1 Å². The van der Waals surface area contributed by atoms with Gasteiger partial charge in [-0.15, -0.1) is 0 Å². The first-order chi connectivity index (χ1) is 16.3. The van der Waals surface area contributed by atoms with Crippen molar-refractivity contribution < 1.29 is 14.7 Å². The molecule has 34 heavy (non-hydrogen) atoms. The molecule has 0 aliphatic rings. The van der Waals surface area contributed by atoms with Crippen molar-refractivity contribution in [1.29, 1.82) is 0 Å². The number of nitrogens with two attached hydrogens (primary N) is 1. The average Bonchev–Trinajstić information content (AvgIpc) is 2.84. The summed E-state index contributed by atoms with van der Waals surface area (Å²) in [4.78, 5) is 29.9. The van der Waals surface area contributed by atoms with Crippen LogP contribution in [0.3, 0.4) is 0 Å². The molecule has 0 saturated carbocycles. The summed E-state index contributed by atoms with van der Waals surface area (Å²) in [5.41, 5.74) is 8.64. The number of hydrogen-bond acceptors (Lipinski definition) is 6. The van der Waals surface area contributed by atoms with Crippen molar-refractivity contribution in [3.05, 3.63) is 89.2 Å². The summed E-state index contributed by atoms with van der Waals surface area (Å²) >= 11 is 4.35. The molecule has 1 aromatic heterocycles. The van der Waals surface area contributed by atoms with E-state index in [2.05, 4.69) is 28.2 Å². The topological polar surface area (TPSA) is 117 Å². The van der Waals surface area contributed by atoms with E-state index in [1.54, 1.807) is 18.2 Å². The van der Waals surface area contributed by atoms with Crippen molar-refractivity contribution in [3.8, 4) is 5.75 Å². The first kappa shape index (κ1) is 25.3. The van der Waals surface area contributed by atoms with Crippen LogP contribution in [0.2, 0.25) is 0 Å². The summed E-state index contributed by atoms with van der Waals surface area (Å²) in [6, 6.07) is 17.4. The van der Waals surface area contributed by atoms with Crippen molar-refractivity contribution in [2.24, 2.45) is 5.73 Å². The third-order valence-corrected chi connectivity index (χ3v) is 6.07. The number of aromatic hydroxyl groups is 1. The zero-order chi connectivity index (χ0) is 24.7. The van der Waals surface area contributed by atoms with E-state index < -0.39 is 11.4 Å². The molecule has 0 radical (unpaired) electrons. The van der Waals surface area contributed by atoms with Gasteiger partial charge in [0.05, 0.1) is 12.2 Å². The van der Waals surface area contributed by atoms with Gasteiger partial charge in [0.15, 0.2) is 0 Å². The van der Waals surface area contributed by atoms with Gasteiger partial charge in [-0.3, -0.25) is 9.59 Å². The molecular formula is C26H30N4O3S. The summed E-state index contributed by atoms with van der Waals surface area (Å²) in [7, 11) is 0. The van der Waals surface area contributed by atoms with E-state index in [0.29, 0.717) is 29.8 Å². The molecule has 8 heteroatoms. The summed E-state index contributed by atoms with van der Waals surface area (Å²) in [5, 5.41) is 15.2. The van der Waals surface area contributed by atoms with Gasteiger partial charge >= 0.3 is 0 Å². The summed E-state index contributed by atoms with van der Waals surface area (Å²) in [6.45, 7) is 3.89. The van der Waals surface area contributed by atoms with E-state index >= 15 is 0 Å². The van der Waals surface area contributed by atoms with E-state index in [9.17, 15) is 14.7 Å². The Bertz CT molecular complexity index is 1140. The lowest BCUT2D eigenvalue weighted by Crippen LogP contribution is -2.37. The molecule has 0 spiro atoms. The molecule has 1 heterocycles. The maximum absolute atomic E-state index is 13.2. The molecular weight excluding hydrogens is 448 g/mol. The number of rotatable bonds is 9. The second kappa shape index (κ2) is 11.2. The lowest BCUT2D eigenvalue weighted by Gasteiger charge is -2.29. The highest BCUT2D eigenvalue weighted by Gasteiger charge is 2.27. The Morgan fingerprint density at radius 1 is 1.12 bits per heavy atom. The van der Waals surface area contributed by atoms with Gasteiger partial charge in [-0.05, 0) is 67.0 Å². The number of nitrogens with zero attached hydrogens (tertiary/aromatic N) is 1. The van der Waals surface area contributed by atoms with Gasteiger partial charge in [0, 0.05) is 16.8 Å². The Kier molecular flexibility index (Phi) is 8.31. The molecule has 0 saturated heterocycles. The van der Waals surface area contributed by atoms with E-state index in [1.807, 2.05) is 44.2 Å². The Hall–Kier alpha value is -3.36. The predicted octanol–water partition coefficient (Wildman–Crippen LogP) is 4.41. The van der Waals surface area contributed by atoms with Crippen LogP contribution < -0.4 is 16.4 Å². The molecule has 2 aromatic carbocycles. The molecule has 2 atom stereocenters. The summed E-state index contributed by atoms with van der Waals surface area (Å²) in [6.07, 6.45) is 2.43. The molecule has 3 aromatic rings. The quantitative estimate of drug-likeness (QED) is 0.292. The molecule has 0 bridgehead atoms. The maximum atomic E-state index is 13.2. The number of aromatic nitrogens is 1. The molecule has 3 rings (SSSR count). The number of anilines is 1. The predicted molar refractivity (Wildman–Crippen MR) is 137 cm³/mol. The van der Waals surface area contributed by atoms with Crippen LogP contribution >= 0.6 is 12.6 Å². The van der Waals surface area contributed by atoms with Gasteiger partial charge in [-0.1, -0.05) is 37.3 Å². The third kappa shape index (κ3) is 6.15. The van der Waals surface area contributed by atoms with Crippen LogP contribution in [0.1, 0.15) is 64.7 Å². The molecule has 0 fully saturated rings. The van der Waals surface area contributed by atoms with Crippen molar-refractivity contribution in [2.45, 2.75) is 38.3 Å². The minimum atomic E-state index is -0.709. The Morgan fingerprint density at radius 3 is 2.47 bits per heavy atom. The molecule has 178 valence electrons. The van der Waals surface area contributed by atoms with Crippen LogP contribution in [0, 0.1) is 0 Å². The fourth-order valence-corrected chi connectivity index (χ4v) is 4.06. The zero-order valence-electron chi connectivity index (χ0n) is 19.3. The number of pyridine rings is 1. The Balaban J connectivity index is 1.94. The van der Waals surface area contributed by atoms with Gasteiger partial charge < -0.3 is 21.5 Å². The molecule has 2 amide bonds. The monoisotopic (exact) mass is 478 g/mol. The van der Waals surface area contributed by atoms with Gasteiger partial charge in [0.25, 0.3) is 11.8 Å².